The molecule has 0 aromatic rings. The molecule has 0 aromatic heterocycles. The average molecular weight is 335 g/mol. The fourth-order valence-electron chi connectivity index (χ4n) is 1.93. The molecule has 2 unspecified atom stereocenters. The summed E-state index contributed by atoms with van der Waals surface area (Å²) in [4.78, 5) is 1.33. The van der Waals surface area contributed by atoms with Crippen molar-refractivity contribution in [1.82, 2.24) is 0 Å². The molecule has 1 rings (SSSR count). The van der Waals surface area contributed by atoms with E-state index in [4.69, 9.17) is 0 Å². The largest absolute Gasteiger partial charge is 0.119 e. The van der Waals surface area contributed by atoms with Gasteiger partial charge in [-0.1, -0.05) is 83.2 Å². The lowest BCUT2D eigenvalue weighted by molar-refractivity contribution is 0.888. The summed E-state index contributed by atoms with van der Waals surface area (Å²) in [7, 11) is 0. The van der Waals surface area contributed by atoms with E-state index in [0.717, 1.165) is 0 Å². The molecule has 0 aromatic carbocycles. The SMILES string of the molecule is C=C.C=C/C1=C(\C=C\C)SC(C)/C=C(C)\C=C/C1C.CC.CC. The Bertz CT molecular complexity index is 408. The smallest absolute Gasteiger partial charge is 0.0251 e. The lowest BCUT2D eigenvalue weighted by atomic mass is 9.99. The van der Waals surface area contributed by atoms with Crippen molar-refractivity contribution in [2.75, 3.05) is 0 Å². The van der Waals surface area contributed by atoms with Crippen molar-refractivity contribution < 1.29 is 0 Å². The minimum absolute atomic E-state index is 0.417. The van der Waals surface area contributed by atoms with Gasteiger partial charge < -0.3 is 0 Å². The third kappa shape index (κ3) is 11.9. The van der Waals surface area contributed by atoms with Crippen molar-refractivity contribution in [3.63, 3.8) is 0 Å². The van der Waals surface area contributed by atoms with Gasteiger partial charge in [0.25, 0.3) is 0 Å². The van der Waals surface area contributed by atoms with Gasteiger partial charge in [-0.25, -0.2) is 0 Å². The highest BCUT2D eigenvalue weighted by Gasteiger charge is 2.12. The summed E-state index contributed by atoms with van der Waals surface area (Å²) in [6.07, 6.45) is 13.1. The molecule has 23 heavy (non-hydrogen) atoms. The average Bonchev–Trinajstić information content (AvgIpc) is 2.63. The Labute approximate surface area is 150 Å². The standard InChI is InChI=1S/C16H22S.2C2H6.C2H4/c1-6-8-16-15(7-2)13(4)10-9-12(3)11-14(5)17-16;3*1-2/h6-11,13-14H,2H2,1,3-5H3;2*1-2H3;1-2H2/b8-6+,10-9-,12-11-,16-15-;;;. The van der Waals surface area contributed by atoms with E-state index in [1.54, 1.807) is 0 Å². The molecule has 0 aliphatic carbocycles. The third-order valence-corrected chi connectivity index (χ3v) is 3.90. The lowest BCUT2D eigenvalue weighted by Gasteiger charge is -2.14. The topological polar surface area (TPSA) is 0 Å². The molecule has 132 valence electrons. The molecule has 0 saturated carbocycles. The second-order valence-electron chi connectivity index (χ2n) is 4.41. The summed E-state index contributed by atoms with van der Waals surface area (Å²) in [5.74, 6) is 0.417. The van der Waals surface area contributed by atoms with Crippen molar-refractivity contribution in [2.24, 2.45) is 5.92 Å². The van der Waals surface area contributed by atoms with Gasteiger partial charge in [-0.15, -0.1) is 24.9 Å². The van der Waals surface area contributed by atoms with Gasteiger partial charge in [0.05, 0.1) is 0 Å². The zero-order valence-corrected chi connectivity index (χ0v) is 17.5. The van der Waals surface area contributed by atoms with Crippen LogP contribution in [0.5, 0.6) is 0 Å². The van der Waals surface area contributed by atoms with Crippen LogP contribution in [0.3, 0.4) is 0 Å². The quantitative estimate of drug-likeness (QED) is 0.459. The number of rotatable bonds is 2. The van der Waals surface area contributed by atoms with Crippen LogP contribution in [0, 0.1) is 5.92 Å². The van der Waals surface area contributed by atoms with E-state index in [2.05, 4.69) is 77.8 Å². The Morgan fingerprint density at radius 1 is 1.09 bits per heavy atom. The van der Waals surface area contributed by atoms with Crippen molar-refractivity contribution in [3.8, 4) is 0 Å². The van der Waals surface area contributed by atoms with Crippen molar-refractivity contribution in [3.05, 3.63) is 72.2 Å². The fourth-order valence-corrected chi connectivity index (χ4v) is 3.23. The van der Waals surface area contributed by atoms with Crippen LogP contribution < -0.4 is 0 Å². The molecule has 0 radical (unpaired) electrons. The predicted octanol–water partition coefficient (Wildman–Crippen LogP) is 8.13. The first kappa shape index (κ1) is 26.7. The van der Waals surface area contributed by atoms with E-state index < -0.39 is 0 Å². The Kier molecular flexibility index (Phi) is 21.8. The number of hydrogen-bond acceptors (Lipinski definition) is 1. The second-order valence-corrected chi connectivity index (χ2v) is 5.82. The minimum atomic E-state index is 0.417. The first-order chi connectivity index (χ1) is 11.1. The molecule has 1 heteroatoms. The van der Waals surface area contributed by atoms with Gasteiger partial charge in [0.1, 0.15) is 0 Å². The van der Waals surface area contributed by atoms with Crippen LogP contribution in [0.2, 0.25) is 0 Å². The van der Waals surface area contributed by atoms with Crippen LogP contribution in [0.15, 0.2) is 72.2 Å². The fraction of sp³-hybridized carbons (Fsp3) is 0.455. The summed E-state index contributed by atoms with van der Waals surface area (Å²) in [5.41, 5.74) is 2.65. The maximum absolute atomic E-state index is 3.96. The summed E-state index contributed by atoms with van der Waals surface area (Å²) in [6, 6.07) is 0. The Hall–Kier alpha value is -1.21. The van der Waals surface area contributed by atoms with Gasteiger partial charge in [0, 0.05) is 16.1 Å². The van der Waals surface area contributed by atoms with Crippen LogP contribution in [0.4, 0.5) is 0 Å². The normalized spacial score (nSPS) is 27.0. The molecule has 0 nitrogen and oxygen atoms in total. The second kappa shape index (κ2) is 18.8. The molecule has 1 aliphatic heterocycles. The highest BCUT2D eigenvalue weighted by molar-refractivity contribution is 8.04. The van der Waals surface area contributed by atoms with Gasteiger partial charge in [0.2, 0.25) is 0 Å². The molecule has 0 spiro atoms. The van der Waals surface area contributed by atoms with Crippen LogP contribution in [-0.4, -0.2) is 5.25 Å². The summed E-state index contributed by atoms with van der Waals surface area (Å²) in [5, 5.41) is 0.492. The number of hydrogen-bond donors (Lipinski definition) is 0. The molecule has 0 bridgehead atoms. The maximum atomic E-state index is 3.96. The molecular formula is C22H38S. The molecule has 0 fully saturated rings. The van der Waals surface area contributed by atoms with Gasteiger partial charge in [-0.05, 0) is 26.3 Å². The Morgan fingerprint density at radius 3 is 2.04 bits per heavy atom. The van der Waals surface area contributed by atoms with Gasteiger partial charge in [-0.3, -0.25) is 0 Å². The number of allylic oxidation sites excluding steroid dienone is 7. The van der Waals surface area contributed by atoms with E-state index in [1.807, 2.05) is 45.5 Å². The zero-order chi connectivity index (χ0) is 18.8. The monoisotopic (exact) mass is 334 g/mol. The molecule has 2 atom stereocenters. The lowest BCUT2D eigenvalue weighted by Crippen LogP contribution is -1.97. The zero-order valence-electron chi connectivity index (χ0n) is 16.6. The summed E-state index contributed by atoms with van der Waals surface area (Å²) < 4.78 is 0. The Morgan fingerprint density at radius 2 is 1.61 bits per heavy atom. The van der Waals surface area contributed by atoms with E-state index in [-0.39, 0.29) is 0 Å². The van der Waals surface area contributed by atoms with Crippen LogP contribution in [0.25, 0.3) is 0 Å². The van der Waals surface area contributed by atoms with E-state index in [1.165, 1.54) is 16.1 Å². The summed E-state index contributed by atoms with van der Waals surface area (Å²) in [6.45, 7) is 26.6. The number of thioether (sulfide) groups is 1. The minimum Gasteiger partial charge on any atom is -0.119 e. The maximum Gasteiger partial charge on any atom is 0.0251 e. The highest BCUT2D eigenvalue weighted by atomic mass is 32.2. The van der Waals surface area contributed by atoms with Gasteiger partial charge in [0.15, 0.2) is 0 Å². The van der Waals surface area contributed by atoms with E-state index in [0.29, 0.717) is 11.2 Å². The van der Waals surface area contributed by atoms with E-state index in [9.17, 15) is 0 Å². The molecule has 1 aliphatic rings. The molecule has 0 amide bonds. The Balaban J connectivity index is -0.000000595. The molecule has 0 saturated heterocycles. The first-order valence-corrected chi connectivity index (χ1v) is 9.49. The van der Waals surface area contributed by atoms with Gasteiger partial charge in [-0.2, -0.15) is 0 Å². The molecule has 0 N–H and O–H groups in total. The van der Waals surface area contributed by atoms with Crippen molar-refractivity contribution in [2.45, 2.75) is 60.6 Å². The van der Waals surface area contributed by atoms with Gasteiger partial charge >= 0.3 is 0 Å². The van der Waals surface area contributed by atoms with Crippen molar-refractivity contribution >= 4 is 11.8 Å². The third-order valence-electron chi connectivity index (χ3n) is 2.77. The molecule has 1 heterocycles. The van der Waals surface area contributed by atoms with Crippen LogP contribution in [0.1, 0.15) is 55.4 Å². The van der Waals surface area contributed by atoms with Crippen LogP contribution >= 0.6 is 11.8 Å². The predicted molar refractivity (Wildman–Crippen MR) is 115 cm³/mol. The first-order valence-electron chi connectivity index (χ1n) is 8.61. The van der Waals surface area contributed by atoms with E-state index >= 15 is 0 Å². The highest BCUT2D eigenvalue weighted by Crippen LogP contribution is 2.33. The van der Waals surface area contributed by atoms with Crippen molar-refractivity contribution in [1.29, 1.82) is 0 Å². The summed E-state index contributed by atoms with van der Waals surface area (Å²) >= 11 is 1.90. The molecular weight excluding hydrogens is 296 g/mol. The van der Waals surface area contributed by atoms with Crippen LogP contribution in [-0.2, 0) is 0 Å².